The SMILES string of the molecule is Cc1cccc(C)c1OCc1nnc(SCC(=O)N2CCc3ccccc32)n1N. The van der Waals surface area contributed by atoms with Gasteiger partial charge in [0.2, 0.25) is 11.1 Å². The van der Waals surface area contributed by atoms with E-state index in [1.165, 1.54) is 22.0 Å². The lowest BCUT2D eigenvalue weighted by atomic mass is 10.1. The summed E-state index contributed by atoms with van der Waals surface area (Å²) in [6.07, 6.45) is 0.888. The van der Waals surface area contributed by atoms with Gasteiger partial charge >= 0.3 is 0 Å². The van der Waals surface area contributed by atoms with Crippen LogP contribution in [-0.2, 0) is 17.8 Å². The van der Waals surface area contributed by atoms with Gasteiger partial charge in [0.05, 0.1) is 5.75 Å². The minimum absolute atomic E-state index is 0.0382. The molecule has 0 spiro atoms. The molecule has 29 heavy (non-hydrogen) atoms. The number of nitrogens with two attached hydrogens (primary N) is 1. The minimum Gasteiger partial charge on any atom is -0.485 e. The minimum atomic E-state index is 0.0382. The monoisotopic (exact) mass is 409 g/mol. The van der Waals surface area contributed by atoms with Gasteiger partial charge in [-0.1, -0.05) is 48.2 Å². The maximum Gasteiger partial charge on any atom is 0.237 e. The zero-order valence-corrected chi connectivity index (χ0v) is 17.3. The van der Waals surface area contributed by atoms with E-state index in [0.29, 0.717) is 17.5 Å². The van der Waals surface area contributed by atoms with E-state index in [9.17, 15) is 4.79 Å². The Balaban J connectivity index is 1.37. The first-order valence-electron chi connectivity index (χ1n) is 9.44. The van der Waals surface area contributed by atoms with Gasteiger partial charge in [-0.25, -0.2) is 4.68 Å². The number of benzene rings is 2. The molecule has 4 rings (SSSR count). The number of carbonyl (C=O) groups is 1. The number of aromatic nitrogens is 3. The van der Waals surface area contributed by atoms with Crippen LogP contribution in [0.4, 0.5) is 5.69 Å². The van der Waals surface area contributed by atoms with Crippen LogP contribution in [0.15, 0.2) is 47.6 Å². The average molecular weight is 410 g/mol. The van der Waals surface area contributed by atoms with Crippen LogP contribution in [0.5, 0.6) is 5.75 Å². The molecular formula is C21H23N5O2S. The molecule has 0 bridgehead atoms. The topological polar surface area (TPSA) is 86.3 Å². The van der Waals surface area contributed by atoms with Crippen LogP contribution >= 0.6 is 11.8 Å². The van der Waals surface area contributed by atoms with Crippen molar-refractivity contribution >= 4 is 23.4 Å². The Hall–Kier alpha value is -3.00. The quantitative estimate of drug-likeness (QED) is 0.498. The summed E-state index contributed by atoms with van der Waals surface area (Å²) in [5, 5.41) is 8.73. The summed E-state index contributed by atoms with van der Waals surface area (Å²) in [6, 6.07) is 14.0. The number of nitrogens with zero attached hydrogens (tertiary/aromatic N) is 4. The van der Waals surface area contributed by atoms with Crippen molar-refractivity contribution in [3.63, 3.8) is 0 Å². The smallest absolute Gasteiger partial charge is 0.237 e. The van der Waals surface area contributed by atoms with Crippen LogP contribution in [0.2, 0.25) is 0 Å². The Morgan fingerprint density at radius 2 is 1.90 bits per heavy atom. The first-order valence-corrected chi connectivity index (χ1v) is 10.4. The fourth-order valence-electron chi connectivity index (χ4n) is 3.47. The second kappa shape index (κ2) is 8.16. The van der Waals surface area contributed by atoms with Crippen molar-refractivity contribution in [3.8, 4) is 5.75 Å². The normalized spacial score (nSPS) is 12.8. The van der Waals surface area contributed by atoms with Crippen LogP contribution in [0.25, 0.3) is 0 Å². The molecule has 0 fully saturated rings. The Bertz CT molecular complexity index is 1030. The van der Waals surface area contributed by atoms with Gasteiger partial charge in [0, 0.05) is 12.2 Å². The maximum absolute atomic E-state index is 12.7. The number of nitrogen functional groups attached to an aromatic ring is 1. The highest BCUT2D eigenvalue weighted by molar-refractivity contribution is 7.99. The van der Waals surface area contributed by atoms with Gasteiger partial charge in [0.15, 0.2) is 5.82 Å². The van der Waals surface area contributed by atoms with E-state index < -0.39 is 0 Å². The largest absolute Gasteiger partial charge is 0.485 e. The predicted molar refractivity (Wildman–Crippen MR) is 114 cm³/mol. The molecule has 0 unspecified atom stereocenters. The molecule has 2 N–H and O–H groups in total. The summed E-state index contributed by atoms with van der Waals surface area (Å²) >= 11 is 1.28. The molecule has 3 aromatic rings. The van der Waals surface area contributed by atoms with Gasteiger partial charge in [-0.3, -0.25) is 4.79 Å². The summed E-state index contributed by atoms with van der Waals surface area (Å²) in [6.45, 7) is 4.92. The second-order valence-corrected chi connectivity index (χ2v) is 7.93. The number of amides is 1. The summed E-state index contributed by atoms with van der Waals surface area (Å²) in [7, 11) is 0. The number of hydrogen-bond donors (Lipinski definition) is 1. The molecular weight excluding hydrogens is 386 g/mol. The maximum atomic E-state index is 12.7. The number of ether oxygens (including phenoxy) is 1. The average Bonchev–Trinajstić information content (AvgIpc) is 3.30. The van der Waals surface area contributed by atoms with E-state index in [-0.39, 0.29) is 18.3 Å². The lowest BCUT2D eigenvalue weighted by Crippen LogP contribution is -2.30. The first kappa shape index (κ1) is 19.3. The third kappa shape index (κ3) is 3.93. The third-order valence-corrected chi connectivity index (χ3v) is 5.93. The lowest BCUT2D eigenvalue weighted by Gasteiger charge is -2.16. The van der Waals surface area contributed by atoms with Crippen molar-refractivity contribution in [1.82, 2.24) is 14.9 Å². The van der Waals surface area contributed by atoms with Crippen molar-refractivity contribution in [2.24, 2.45) is 0 Å². The van der Waals surface area contributed by atoms with E-state index >= 15 is 0 Å². The number of aryl methyl sites for hydroxylation is 2. The van der Waals surface area contributed by atoms with E-state index in [1.54, 1.807) is 0 Å². The molecule has 0 saturated carbocycles. The molecule has 0 atom stereocenters. The molecule has 2 aromatic carbocycles. The molecule has 1 aromatic heterocycles. The number of carbonyl (C=O) groups excluding carboxylic acids is 1. The van der Waals surface area contributed by atoms with Crippen LogP contribution in [0.1, 0.15) is 22.5 Å². The van der Waals surface area contributed by atoms with Crippen molar-refractivity contribution < 1.29 is 9.53 Å². The van der Waals surface area contributed by atoms with Crippen molar-refractivity contribution in [2.75, 3.05) is 23.0 Å². The molecule has 1 aliphatic heterocycles. The number of thioether (sulfide) groups is 1. The lowest BCUT2D eigenvalue weighted by molar-refractivity contribution is -0.116. The van der Waals surface area contributed by atoms with Crippen LogP contribution in [-0.4, -0.2) is 33.1 Å². The van der Waals surface area contributed by atoms with Crippen molar-refractivity contribution in [1.29, 1.82) is 0 Å². The van der Waals surface area contributed by atoms with Gasteiger partial charge in [-0.15, -0.1) is 10.2 Å². The van der Waals surface area contributed by atoms with Crippen molar-refractivity contribution in [2.45, 2.75) is 32.0 Å². The predicted octanol–water partition coefficient (Wildman–Crippen LogP) is 2.87. The molecule has 150 valence electrons. The number of para-hydroxylation sites is 2. The van der Waals surface area contributed by atoms with E-state index in [1.807, 2.05) is 55.1 Å². The summed E-state index contributed by atoms with van der Waals surface area (Å²) in [4.78, 5) is 14.5. The second-order valence-electron chi connectivity index (χ2n) is 6.99. The molecule has 7 nitrogen and oxygen atoms in total. The molecule has 0 aliphatic carbocycles. The van der Waals surface area contributed by atoms with Gasteiger partial charge in [-0.05, 0) is 43.0 Å². The fourth-order valence-corrected chi connectivity index (χ4v) is 4.22. The Morgan fingerprint density at radius 3 is 2.69 bits per heavy atom. The molecule has 2 heterocycles. The van der Waals surface area contributed by atoms with Gasteiger partial charge in [0.25, 0.3) is 0 Å². The highest BCUT2D eigenvalue weighted by Crippen LogP contribution is 2.29. The van der Waals surface area contributed by atoms with Gasteiger partial charge < -0.3 is 15.5 Å². The Morgan fingerprint density at radius 1 is 1.14 bits per heavy atom. The molecule has 1 amide bonds. The molecule has 0 radical (unpaired) electrons. The zero-order chi connectivity index (χ0) is 20.4. The number of rotatable bonds is 6. The molecule has 1 aliphatic rings. The van der Waals surface area contributed by atoms with Gasteiger partial charge in [-0.2, -0.15) is 0 Å². The number of fused-ring (bicyclic) bond motifs is 1. The van der Waals surface area contributed by atoms with E-state index in [4.69, 9.17) is 10.6 Å². The van der Waals surface area contributed by atoms with Gasteiger partial charge in [0.1, 0.15) is 12.4 Å². The highest BCUT2D eigenvalue weighted by Gasteiger charge is 2.24. The van der Waals surface area contributed by atoms with E-state index in [2.05, 4.69) is 16.3 Å². The van der Waals surface area contributed by atoms with Crippen LogP contribution in [0, 0.1) is 13.8 Å². The van der Waals surface area contributed by atoms with E-state index in [0.717, 1.165) is 29.0 Å². The Labute approximate surface area is 173 Å². The first-order chi connectivity index (χ1) is 14.0. The molecule has 8 heteroatoms. The standard InChI is InChI=1S/C21H23N5O2S/c1-14-6-5-7-15(2)20(14)28-12-18-23-24-21(26(18)22)29-13-19(27)25-11-10-16-8-3-4-9-17(16)25/h3-9H,10-13,22H2,1-2H3. The Kier molecular flexibility index (Phi) is 5.44. The third-order valence-electron chi connectivity index (χ3n) is 5.00. The zero-order valence-electron chi connectivity index (χ0n) is 16.5. The van der Waals surface area contributed by atoms with Crippen LogP contribution in [0.3, 0.4) is 0 Å². The summed E-state index contributed by atoms with van der Waals surface area (Å²) in [5.41, 5.74) is 4.31. The highest BCUT2D eigenvalue weighted by atomic mass is 32.2. The fraction of sp³-hybridized carbons (Fsp3) is 0.286. The number of anilines is 1. The van der Waals surface area contributed by atoms with Crippen molar-refractivity contribution in [3.05, 3.63) is 65.0 Å². The van der Waals surface area contributed by atoms with Crippen LogP contribution < -0.4 is 15.5 Å². The number of hydrogen-bond acceptors (Lipinski definition) is 6. The summed E-state index contributed by atoms with van der Waals surface area (Å²) < 4.78 is 7.30. The summed E-state index contributed by atoms with van der Waals surface area (Å²) in [5.74, 6) is 7.75. The molecule has 0 saturated heterocycles.